The van der Waals surface area contributed by atoms with E-state index in [1.807, 2.05) is 0 Å². The fourth-order valence-electron chi connectivity index (χ4n) is 2.21. The molecule has 0 bridgehead atoms. The Balaban J connectivity index is 2.00. The van der Waals surface area contributed by atoms with Crippen LogP contribution in [0.2, 0.25) is 0 Å². The molecule has 1 rings (SSSR count). The lowest BCUT2D eigenvalue weighted by molar-refractivity contribution is 0.242. The molecule has 0 aromatic rings. The highest BCUT2D eigenvalue weighted by Gasteiger charge is 2.27. The van der Waals surface area contributed by atoms with E-state index in [4.69, 9.17) is 0 Å². The van der Waals surface area contributed by atoms with Crippen LogP contribution in [-0.2, 0) is 0 Å². The minimum Gasteiger partial charge on any atom is -0.317 e. The van der Waals surface area contributed by atoms with Gasteiger partial charge >= 0.3 is 0 Å². The van der Waals surface area contributed by atoms with Crippen LogP contribution >= 0.6 is 0 Å². The molecule has 0 aromatic carbocycles. The summed E-state index contributed by atoms with van der Waals surface area (Å²) in [6.45, 7) is 11.9. The summed E-state index contributed by atoms with van der Waals surface area (Å²) >= 11 is 0. The number of nitrogens with zero attached hydrogens (tertiary/aromatic N) is 1. The molecular weight excluding hydrogens is 208 g/mol. The summed E-state index contributed by atoms with van der Waals surface area (Å²) in [5.41, 5.74) is 0. The van der Waals surface area contributed by atoms with Gasteiger partial charge in [-0.25, -0.2) is 0 Å². The molecule has 1 N–H and O–H groups in total. The molecule has 17 heavy (non-hydrogen) atoms. The van der Waals surface area contributed by atoms with Gasteiger partial charge in [-0.05, 0) is 70.6 Å². The Morgan fingerprint density at radius 2 is 1.88 bits per heavy atom. The maximum Gasteiger partial charge on any atom is 0.00964 e. The van der Waals surface area contributed by atoms with E-state index in [0.29, 0.717) is 0 Å². The first-order valence-electron chi connectivity index (χ1n) is 7.68. The van der Waals surface area contributed by atoms with Crippen molar-refractivity contribution < 1.29 is 0 Å². The van der Waals surface area contributed by atoms with Gasteiger partial charge < -0.3 is 10.2 Å². The van der Waals surface area contributed by atoms with Crippen molar-refractivity contribution in [2.75, 3.05) is 26.2 Å². The Kier molecular flexibility index (Phi) is 7.87. The monoisotopic (exact) mass is 240 g/mol. The van der Waals surface area contributed by atoms with Crippen molar-refractivity contribution in [2.45, 2.75) is 65.3 Å². The van der Waals surface area contributed by atoms with E-state index in [-0.39, 0.29) is 0 Å². The first kappa shape index (κ1) is 15.0. The van der Waals surface area contributed by atoms with Crippen molar-refractivity contribution in [3.63, 3.8) is 0 Å². The van der Waals surface area contributed by atoms with Crippen LogP contribution < -0.4 is 5.32 Å². The first-order valence-corrected chi connectivity index (χ1v) is 7.68. The highest BCUT2D eigenvalue weighted by molar-refractivity contribution is 4.84. The average molecular weight is 240 g/mol. The quantitative estimate of drug-likeness (QED) is 0.558. The largest absolute Gasteiger partial charge is 0.317 e. The van der Waals surface area contributed by atoms with Crippen molar-refractivity contribution in [1.29, 1.82) is 0 Å². The number of rotatable bonds is 11. The standard InChI is InChI=1S/C15H32N2/c1-4-10-16-11-5-6-12-17(15-7-8-15)13-9-14(2)3/h14-16H,4-13H2,1-3H3. The summed E-state index contributed by atoms with van der Waals surface area (Å²) in [7, 11) is 0. The Morgan fingerprint density at radius 1 is 1.12 bits per heavy atom. The number of hydrogen-bond acceptors (Lipinski definition) is 2. The zero-order valence-corrected chi connectivity index (χ0v) is 12.2. The predicted molar refractivity (Wildman–Crippen MR) is 76.4 cm³/mol. The van der Waals surface area contributed by atoms with Gasteiger partial charge in [0.25, 0.3) is 0 Å². The van der Waals surface area contributed by atoms with Crippen molar-refractivity contribution in [3.8, 4) is 0 Å². The molecule has 2 nitrogen and oxygen atoms in total. The highest BCUT2D eigenvalue weighted by Crippen LogP contribution is 2.27. The Hall–Kier alpha value is -0.0800. The van der Waals surface area contributed by atoms with Crippen LogP contribution in [0.1, 0.15) is 59.3 Å². The van der Waals surface area contributed by atoms with Crippen molar-refractivity contribution >= 4 is 0 Å². The maximum atomic E-state index is 3.49. The van der Waals surface area contributed by atoms with Gasteiger partial charge in [-0.2, -0.15) is 0 Å². The number of hydrogen-bond donors (Lipinski definition) is 1. The molecule has 0 spiro atoms. The molecule has 2 heteroatoms. The van der Waals surface area contributed by atoms with Crippen LogP contribution in [0.25, 0.3) is 0 Å². The SMILES string of the molecule is CCCNCCCCN(CCC(C)C)C1CC1. The zero-order valence-electron chi connectivity index (χ0n) is 12.2. The van der Waals surface area contributed by atoms with Crippen LogP contribution in [0.5, 0.6) is 0 Å². The molecule has 0 aromatic heterocycles. The van der Waals surface area contributed by atoms with E-state index in [9.17, 15) is 0 Å². The fourth-order valence-corrected chi connectivity index (χ4v) is 2.21. The van der Waals surface area contributed by atoms with Gasteiger partial charge in [-0.3, -0.25) is 0 Å². The molecule has 1 saturated carbocycles. The van der Waals surface area contributed by atoms with Gasteiger partial charge in [0, 0.05) is 6.04 Å². The molecule has 0 unspecified atom stereocenters. The van der Waals surface area contributed by atoms with Gasteiger partial charge in [0.1, 0.15) is 0 Å². The number of unbranched alkanes of at least 4 members (excludes halogenated alkanes) is 1. The summed E-state index contributed by atoms with van der Waals surface area (Å²) < 4.78 is 0. The number of nitrogens with one attached hydrogen (secondary N) is 1. The van der Waals surface area contributed by atoms with E-state index < -0.39 is 0 Å². The van der Waals surface area contributed by atoms with Gasteiger partial charge in [-0.1, -0.05) is 20.8 Å². The molecule has 0 saturated heterocycles. The van der Waals surface area contributed by atoms with Crippen molar-refractivity contribution in [2.24, 2.45) is 5.92 Å². The molecule has 1 aliphatic carbocycles. The van der Waals surface area contributed by atoms with E-state index >= 15 is 0 Å². The first-order chi connectivity index (χ1) is 8.24. The Bertz CT molecular complexity index is 176. The summed E-state index contributed by atoms with van der Waals surface area (Å²) in [5.74, 6) is 0.850. The fraction of sp³-hybridized carbons (Fsp3) is 1.00. The van der Waals surface area contributed by atoms with Crippen LogP contribution in [0.3, 0.4) is 0 Å². The molecule has 1 aliphatic rings. The lowest BCUT2D eigenvalue weighted by atomic mass is 10.1. The van der Waals surface area contributed by atoms with Gasteiger partial charge in [0.2, 0.25) is 0 Å². The van der Waals surface area contributed by atoms with E-state index in [0.717, 1.165) is 12.0 Å². The summed E-state index contributed by atoms with van der Waals surface area (Å²) in [4.78, 5) is 2.74. The molecular formula is C15H32N2. The van der Waals surface area contributed by atoms with Crippen LogP contribution in [-0.4, -0.2) is 37.1 Å². The summed E-state index contributed by atoms with van der Waals surface area (Å²) in [5, 5.41) is 3.49. The third kappa shape index (κ3) is 7.77. The Labute approximate surface area is 108 Å². The van der Waals surface area contributed by atoms with E-state index in [2.05, 4.69) is 31.0 Å². The lowest BCUT2D eigenvalue weighted by Crippen LogP contribution is -2.29. The molecule has 0 amide bonds. The zero-order chi connectivity index (χ0) is 12.5. The second-order valence-electron chi connectivity index (χ2n) is 5.91. The molecule has 102 valence electrons. The molecule has 0 heterocycles. The van der Waals surface area contributed by atoms with Crippen LogP contribution in [0, 0.1) is 5.92 Å². The summed E-state index contributed by atoms with van der Waals surface area (Å²) in [6.07, 6.45) is 8.22. The highest BCUT2D eigenvalue weighted by atomic mass is 15.2. The lowest BCUT2D eigenvalue weighted by Gasteiger charge is -2.22. The van der Waals surface area contributed by atoms with E-state index in [1.165, 1.54) is 64.7 Å². The summed E-state index contributed by atoms with van der Waals surface area (Å²) in [6, 6.07) is 0.942. The smallest absolute Gasteiger partial charge is 0.00964 e. The topological polar surface area (TPSA) is 15.3 Å². The van der Waals surface area contributed by atoms with Crippen molar-refractivity contribution in [3.05, 3.63) is 0 Å². The normalized spacial score (nSPS) is 16.1. The third-order valence-corrected chi connectivity index (χ3v) is 3.53. The molecule has 0 aliphatic heterocycles. The minimum absolute atomic E-state index is 0.850. The Morgan fingerprint density at radius 3 is 2.47 bits per heavy atom. The predicted octanol–water partition coefficient (Wildman–Crippen LogP) is 3.28. The third-order valence-electron chi connectivity index (χ3n) is 3.53. The van der Waals surface area contributed by atoms with E-state index in [1.54, 1.807) is 0 Å². The molecule has 0 radical (unpaired) electrons. The molecule has 1 fully saturated rings. The second kappa shape index (κ2) is 8.93. The van der Waals surface area contributed by atoms with Crippen LogP contribution in [0.15, 0.2) is 0 Å². The van der Waals surface area contributed by atoms with Crippen molar-refractivity contribution in [1.82, 2.24) is 10.2 Å². The molecule has 0 atom stereocenters. The van der Waals surface area contributed by atoms with Gasteiger partial charge in [0.05, 0.1) is 0 Å². The van der Waals surface area contributed by atoms with Crippen LogP contribution in [0.4, 0.5) is 0 Å². The van der Waals surface area contributed by atoms with Gasteiger partial charge in [-0.15, -0.1) is 0 Å². The van der Waals surface area contributed by atoms with Gasteiger partial charge in [0.15, 0.2) is 0 Å². The average Bonchev–Trinajstić information content (AvgIpc) is 3.11. The second-order valence-corrected chi connectivity index (χ2v) is 5.91. The maximum absolute atomic E-state index is 3.49. The minimum atomic E-state index is 0.850.